The lowest BCUT2D eigenvalue weighted by Crippen LogP contribution is -2.35. The molecule has 2 aromatic carbocycles. The van der Waals surface area contributed by atoms with E-state index in [1.54, 1.807) is 6.21 Å². The van der Waals surface area contributed by atoms with Gasteiger partial charge in [-0.15, -0.1) is 0 Å². The number of nitrogens with zero attached hydrogens (tertiary/aromatic N) is 3. The second-order valence-electron chi connectivity index (χ2n) is 7.25. The molecule has 29 heavy (non-hydrogen) atoms. The van der Waals surface area contributed by atoms with E-state index in [1.807, 2.05) is 30.3 Å². The van der Waals surface area contributed by atoms with E-state index in [9.17, 15) is 4.79 Å². The van der Waals surface area contributed by atoms with Crippen LogP contribution in [-0.4, -0.2) is 27.6 Å². The van der Waals surface area contributed by atoms with E-state index < -0.39 is 0 Å². The first-order valence-corrected chi connectivity index (χ1v) is 9.97. The minimum Gasteiger partial charge on any atom is -0.294 e. The van der Waals surface area contributed by atoms with Gasteiger partial charge < -0.3 is 0 Å². The highest BCUT2D eigenvalue weighted by Gasteiger charge is 2.21. The smallest absolute Gasteiger partial charge is 0.257 e. The third kappa shape index (κ3) is 4.78. The molecule has 6 heteroatoms. The maximum atomic E-state index is 12.6. The minimum absolute atomic E-state index is 0.0993. The van der Waals surface area contributed by atoms with Gasteiger partial charge in [0, 0.05) is 26.1 Å². The van der Waals surface area contributed by atoms with Gasteiger partial charge in [0.1, 0.15) is 0 Å². The minimum atomic E-state index is -0.0993. The Labute approximate surface area is 170 Å². The van der Waals surface area contributed by atoms with Gasteiger partial charge in [-0.25, -0.2) is 10.4 Å². The highest BCUT2D eigenvalue weighted by molar-refractivity contribution is 5.80. The van der Waals surface area contributed by atoms with Crippen molar-refractivity contribution in [2.45, 2.75) is 32.9 Å². The molecule has 0 saturated heterocycles. The molecule has 2 N–H and O–H groups in total. The zero-order chi connectivity index (χ0) is 20.1. The summed E-state index contributed by atoms with van der Waals surface area (Å²) in [6.45, 7) is 4.45. The lowest BCUT2D eigenvalue weighted by molar-refractivity contribution is 0.242. The average Bonchev–Trinajstić information content (AvgIpc) is 2.75. The summed E-state index contributed by atoms with van der Waals surface area (Å²) in [5.74, 6) is 0.381. The van der Waals surface area contributed by atoms with Crippen LogP contribution in [0.1, 0.15) is 34.9 Å². The maximum Gasteiger partial charge on any atom is 0.257 e. The van der Waals surface area contributed by atoms with Gasteiger partial charge in [-0.3, -0.25) is 14.7 Å². The second kappa shape index (κ2) is 8.84. The summed E-state index contributed by atoms with van der Waals surface area (Å²) in [5, 5.41) is 4.21. The molecule has 0 bridgehead atoms. The quantitative estimate of drug-likeness (QED) is 0.503. The molecule has 1 aromatic heterocycles. The topological polar surface area (TPSA) is 73.4 Å². The van der Waals surface area contributed by atoms with Gasteiger partial charge in [0.2, 0.25) is 5.95 Å². The predicted molar refractivity (Wildman–Crippen MR) is 116 cm³/mol. The number of fused-ring (bicyclic) bond motifs is 1. The molecular formula is C23H25N5O. The van der Waals surface area contributed by atoms with E-state index >= 15 is 0 Å². The van der Waals surface area contributed by atoms with Crippen LogP contribution in [0, 0.1) is 0 Å². The zero-order valence-electron chi connectivity index (χ0n) is 16.6. The van der Waals surface area contributed by atoms with Gasteiger partial charge in [0.15, 0.2) is 0 Å². The van der Waals surface area contributed by atoms with Crippen LogP contribution in [0.4, 0.5) is 5.95 Å². The summed E-state index contributed by atoms with van der Waals surface area (Å²) in [5.41, 5.74) is 7.88. The van der Waals surface area contributed by atoms with Crippen LogP contribution in [0.2, 0.25) is 0 Å². The Morgan fingerprint density at radius 3 is 2.69 bits per heavy atom. The van der Waals surface area contributed by atoms with Gasteiger partial charge >= 0.3 is 0 Å². The third-order valence-electron chi connectivity index (χ3n) is 5.17. The molecule has 0 saturated carbocycles. The summed E-state index contributed by atoms with van der Waals surface area (Å²) in [6.07, 6.45) is 3.49. The van der Waals surface area contributed by atoms with Crippen LogP contribution < -0.4 is 11.0 Å². The van der Waals surface area contributed by atoms with Crippen molar-refractivity contribution in [3.63, 3.8) is 0 Å². The Kier molecular flexibility index (Phi) is 5.81. The lowest BCUT2D eigenvalue weighted by atomic mass is 10.1. The van der Waals surface area contributed by atoms with E-state index in [0.717, 1.165) is 42.8 Å². The molecular weight excluding hydrogens is 362 g/mol. The van der Waals surface area contributed by atoms with Crippen molar-refractivity contribution >= 4 is 12.2 Å². The molecule has 2 heterocycles. The Morgan fingerprint density at radius 2 is 1.93 bits per heavy atom. The predicted octanol–water partition coefficient (Wildman–Crippen LogP) is 3.34. The summed E-state index contributed by atoms with van der Waals surface area (Å²) in [6, 6.07) is 18.5. The fourth-order valence-corrected chi connectivity index (χ4v) is 3.52. The molecule has 0 fully saturated rings. The Bertz CT molecular complexity index is 1040. The number of hydrazone groups is 1. The van der Waals surface area contributed by atoms with Crippen LogP contribution in [0.15, 0.2) is 64.5 Å². The average molecular weight is 387 g/mol. The molecule has 0 atom stereocenters. The number of aryl methyl sites for hydroxylation is 1. The van der Waals surface area contributed by atoms with Crippen molar-refractivity contribution in [2.24, 2.45) is 5.10 Å². The largest absolute Gasteiger partial charge is 0.294 e. The molecule has 148 valence electrons. The van der Waals surface area contributed by atoms with Crippen molar-refractivity contribution in [3.05, 3.63) is 92.9 Å². The highest BCUT2D eigenvalue weighted by Crippen LogP contribution is 2.17. The van der Waals surface area contributed by atoms with E-state index in [2.05, 4.69) is 56.6 Å². The number of H-pyrrole nitrogens is 1. The Balaban J connectivity index is 1.42. The first-order valence-electron chi connectivity index (χ1n) is 9.97. The number of aromatic nitrogens is 2. The van der Waals surface area contributed by atoms with Crippen LogP contribution in [0.3, 0.4) is 0 Å². The Hall–Kier alpha value is -3.25. The maximum absolute atomic E-state index is 12.6. The third-order valence-corrected chi connectivity index (χ3v) is 5.17. The molecule has 0 unspecified atom stereocenters. The van der Waals surface area contributed by atoms with E-state index in [1.165, 1.54) is 11.1 Å². The number of hydrogen-bond donors (Lipinski definition) is 2. The number of anilines is 1. The summed E-state index contributed by atoms with van der Waals surface area (Å²) in [7, 11) is 0. The van der Waals surface area contributed by atoms with Gasteiger partial charge in [0.25, 0.3) is 5.56 Å². The molecule has 1 aliphatic rings. The monoisotopic (exact) mass is 387 g/mol. The fourth-order valence-electron chi connectivity index (χ4n) is 3.52. The molecule has 1 aliphatic heterocycles. The van der Waals surface area contributed by atoms with Crippen LogP contribution >= 0.6 is 0 Å². The summed E-state index contributed by atoms with van der Waals surface area (Å²) in [4.78, 5) is 22.2. The summed E-state index contributed by atoms with van der Waals surface area (Å²) < 4.78 is 0. The van der Waals surface area contributed by atoms with Crippen LogP contribution in [-0.2, 0) is 25.9 Å². The number of aromatic amines is 1. The van der Waals surface area contributed by atoms with Crippen LogP contribution in [0.25, 0.3) is 0 Å². The highest BCUT2D eigenvalue weighted by atomic mass is 16.1. The molecule has 0 spiro atoms. The van der Waals surface area contributed by atoms with Crippen molar-refractivity contribution in [1.29, 1.82) is 0 Å². The van der Waals surface area contributed by atoms with E-state index in [-0.39, 0.29) is 5.56 Å². The fraction of sp³-hybridized carbons (Fsp3) is 0.261. The Morgan fingerprint density at radius 1 is 1.14 bits per heavy atom. The first-order chi connectivity index (χ1) is 14.2. The first kappa shape index (κ1) is 19.1. The molecule has 3 aromatic rings. The van der Waals surface area contributed by atoms with Gasteiger partial charge in [0.05, 0.1) is 17.5 Å². The molecule has 0 radical (unpaired) electrons. The molecule has 4 rings (SSSR count). The normalized spacial score (nSPS) is 14.1. The van der Waals surface area contributed by atoms with Gasteiger partial charge in [-0.1, -0.05) is 61.5 Å². The number of benzene rings is 2. The van der Waals surface area contributed by atoms with Crippen molar-refractivity contribution in [1.82, 2.24) is 14.9 Å². The van der Waals surface area contributed by atoms with E-state index in [4.69, 9.17) is 0 Å². The van der Waals surface area contributed by atoms with Crippen molar-refractivity contribution in [3.8, 4) is 0 Å². The van der Waals surface area contributed by atoms with E-state index in [0.29, 0.717) is 12.5 Å². The standard InChI is InChI=1S/C23H25N5O/c1-2-17-8-10-18(11-9-17)14-24-27-23-25-21-12-13-28(16-20(21)22(29)26-23)15-19-6-4-3-5-7-19/h3-11,14H,2,12-13,15-16H2,1H3,(H2,25,26,27,29)/b24-14-. The number of rotatable bonds is 6. The molecule has 6 nitrogen and oxygen atoms in total. The summed E-state index contributed by atoms with van der Waals surface area (Å²) >= 11 is 0. The number of hydrogen-bond acceptors (Lipinski definition) is 5. The van der Waals surface area contributed by atoms with Gasteiger partial charge in [-0.2, -0.15) is 5.10 Å². The number of nitrogens with one attached hydrogen (secondary N) is 2. The van der Waals surface area contributed by atoms with Gasteiger partial charge in [-0.05, 0) is 23.1 Å². The molecule has 0 amide bonds. The lowest BCUT2D eigenvalue weighted by Gasteiger charge is -2.27. The van der Waals surface area contributed by atoms with Crippen molar-refractivity contribution < 1.29 is 0 Å². The SMILES string of the molecule is CCc1ccc(/C=N\Nc2nc3c(c(=O)[nH]2)CN(Cc2ccccc2)CC3)cc1. The zero-order valence-corrected chi connectivity index (χ0v) is 16.6. The van der Waals surface area contributed by atoms with Crippen molar-refractivity contribution in [2.75, 3.05) is 12.0 Å². The van der Waals surface area contributed by atoms with Crippen LogP contribution in [0.5, 0.6) is 0 Å². The molecule has 0 aliphatic carbocycles. The second-order valence-corrected chi connectivity index (χ2v) is 7.25.